The minimum Gasteiger partial charge on any atom is -0.491 e. The Labute approximate surface area is 160 Å². The summed E-state index contributed by atoms with van der Waals surface area (Å²) in [6, 6.07) is 1.57. The van der Waals surface area contributed by atoms with Crippen molar-refractivity contribution in [1.29, 1.82) is 0 Å². The quantitative estimate of drug-likeness (QED) is 0.434. The van der Waals surface area contributed by atoms with Crippen LogP contribution >= 0.6 is 0 Å². The molecule has 0 saturated heterocycles. The number of fused-ring (bicyclic) bond motifs is 1. The number of allylic oxidation sites excluding steroid dienone is 1. The molecule has 0 aromatic heterocycles. The van der Waals surface area contributed by atoms with Gasteiger partial charge >= 0.3 is 0 Å². The lowest BCUT2D eigenvalue weighted by Crippen LogP contribution is -2.25. The van der Waals surface area contributed by atoms with E-state index in [0.717, 1.165) is 44.9 Å². The Morgan fingerprint density at radius 3 is 2.67 bits per heavy atom. The van der Waals surface area contributed by atoms with Gasteiger partial charge in [0.05, 0.1) is 18.8 Å². The molecule has 1 fully saturated rings. The van der Waals surface area contributed by atoms with Crippen molar-refractivity contribution in [2.24, 2.45) is 5.92 Å². The molecule has 1 heterocycles. The number of halogens is 2. The third kappa shape index (κ3) is 5.01. The van der Waals surface area contributed by atoms with Crippen LogP contribution in [0.4, 0.5) is 8.78 Å². The minimum atomic E-state index is -0.963. The second kappa shape index (κ2) is 9.54. The molecule has 0 amide bonds. The predicted molar refractivity (Wildman–Crippen MR) is 101 cm³/mol. The summed E-state index contributed by atoms with van der Waals surface area (Å²) in [5.41, 5.74) is 0.684. The van der Waals surface area contributed by atoms with Crippen LogP contribution in [0.5, 0.6) is 11.5 Å². The number of hydrogen-bond acceptors (Lipinski definition) is 3. The molecule has 1 atom stereocenters. The molecular formula is C22H30F2O3. The number of ether oxygens (including phenoxy) is 3. The van der Waals surface area contributed by atoms with E-state index in [9.17, 15) is 8.78 Å². The molecule has 1 aliphatic heterocycles. The minimum absolute atomic E-state index is 0.0321. The lowest BCUT2D eigenvalue weighted by atomic mass is 9.87. The van der Waals surface area contributed by atoms with Crippen LogP contribution < -0.4 is 9.47 Å². The van der Waals surface area contributed by atoms with Gasteiger partial charge in [0.15, 0.2) is 11.5 Å². The zero-order valence-electron chi connectivity index (χ0n) is 16.1. The van der Waals surface area contributed by atoms with Gasteiger partial charge in [-0.15, -0.1) is 6.58 Å². The van der Waals surface area contributed by atoms with E-state index >= 15 is 0 Å². The molecule has 1 aromatic carbocycles. The second-order valence-electron chi connectivity index (χ2n) is 7.49. The van der Waals surface area contributed by atoms with Crippen LogP contribution in [-0.2, 0) is 11.2 Å². The summed E-state index contributed by atoms with van der Waals surface area (Å²) in [5.74, 6) is -1.24. The molecule has 1 saturated carbocycles. The zero-order chi connectivity index (χ0) is 19.2. The third-order valence-electron chi connectivity index (χ3n) is 5.60. The molecule has 0 radical (unpaired) electrons. The van der Waals surface area contributed by atoms with E-state index in [1.54, 1.807) is 13.0 Å². The van der Waals surface area contributed by atoms with Crippen LogP contribution in [0.2, 0.25) is 0 Å². The molecule has 1 aromatic rings. The molecule has 0 bridgehead atoms. The highest BCUT2D eigenvalue weighted by Gasteiger charge is 2.27. The Morgan fingerprint density at radius 2 is 1.96 bits per heavy atom. The van der Waals surface area contributed by atoms with Gasteiger partial charge in [-0.1, -0.05) is 6.08 Å². The van der Waals surface area contributed by atoms with E-state index in [4.69, 9.17) is 14.2 Å². The van der Waals surface area contributed by atoms with Crippen molar-refractivity contribution in [2.45, 2.75) is 70.5 Å². The van der Waals surface area contributed by atoms with Gasteiger partial charge < -0.3 is 14.2 Å². The summed E-state index contributed by atoms with van der Waals surface area (Å²) < 4.78 is 45.3. The predicted octanol–water partition coefficient (Wildman–Crippen LogP) is 5.60. The first kappa shape index (κ1) is 20.1. The summed E-state index contributed by atoms with van der Waals surface area (Å²) >= 11 is 0. The summed E-state index contributed by atoms with van der Waals surface area (Å²) in [7, 11) is 0. The maximum Gasteiger partial charge on any atom is 0.204 e. The maximum atomic E-state index is 14.3. The molecule has 5 heteroatoms. The number of benzene rings is 1. The monoisotopic (exact) mass is 380 g/mol. The van der Waals surface area contributed by atoms with E-state index in [1.165, 1.54) is 0 Å². The highest BCUT2D eigenvalue weighted by molar-refractivity contribution is 5.44. The standard InChI is InChI=1S/C22H30F2O3/c1-3-15-7-10-17(11-8-15)26-13-5-6-18-12-9-16-14-19(25-4-2)20(23)21(24)22(16)27-18/h3,14-15,17-18H,1,4-13H2,2H3. The van der Waals surface area contributed by atoms with Crippen LogP contribution in [0, 0.1) is 17.6 Å². The maximum absolute atomic E-state index is 14.3. The molecular weight excluding hydrogens is 350 g/mol. The van der Waals surface area contributed by atoms with Gasteiger partial charge in [-0.3, -0.25) is 0 Å². The highest BCUT2D eigenvalue weighted by atomic mass is 19.2. The van der Waals surface area contributed by atoms with Crippen molar-refractivity contribution < 1.29 is 23.0 Å². The van der Waals surface area contributed by atoms with Gasteiger partial charge in [-0.2, -0.15) is 8.78 Å². The van der Waals surface area contributed by atoms with Gasteiger partial charge in [0.25, 0.3) is 0 Å². The van der Waals surface area contributed by atoms with Gasteiger partial charge in [0.2, 0.25) is 11.6 Å². The van der Waals surface area contributed by atoms with E-state index in [-0.39, 0.29) is 17.6 Å². The molecule has 0 N–H and O–H groups in total. The van der Waals surface area contributed by atoms with Crippen molar-refractivity contribution in [2.75, 3.05) is 13.2 Å². The molecule has 1 unspecified atom stereocenters. The van der Waals surface area contributed by atoms with Crippen molar-refractivity contribution in [3.05, 3.63) is 35.9 Å². The highest BCUT2D eigenvalue weighted by Crippen LogP contribution is 2.37. The van der Waals surface area contributed by atoms with Crippen molar-refractivity contribution in [3.63, 3.8) is 0 Å². The van der Waals surface area contributed by atoms with Crippen LogP contribution in [0.25, 0.3) is 0 Å². The fraction of sp³-hybridized carbons (Fsp3) is 0.636. The Hall–Kier alpha value is -1.62. The molecule has 3 nitrogen and oxygen atoms in total. The number of aryl methyl sites for hydroxylation is 1. The summed E-state index contributed by atoms with van der Waals surface area (Å²) in [5, 5.41) is 0. The molecule has 2 aliphatic rings. The lowest BCUT2D eigenvalue weighted by Gasteiger charge is -2.28. The SMILES string of the molecule is C=CC1CCC(OCCCC2CCc3cc(OCC)c(F)c(F)c3O2)CC1. The number of rotatable bonds is 8. The van der Waals surface area contributed by atoms with Crippen LogP contribution in [0.15, 0.2) is 18.7 Å². The first-order valence-corrected chi connectivity index (χ1v) is 10.2. The van der Waals surface area contributed by atoms with Gasteiger partial charge in [0.1, 0.15) is 0 Å². The Bertz CT molecular complexity index is 639. The fourth-order valence-corrected chi connectivity index (χ4v) is 4.01. The first-order chi connectivity index (χ1) is 13.1. The summed E-state index contributed by atoms with van der Waals surface area (Å²) in [6.07, 6.45) is 9.93. The average Bonchev–Trinajstić information content (AvgIpc) is 2.70. The molecule has 27 heavy (non-hydrogen) atoms. The molecule has 0 spiro atoms. The number of hydrogen-bond donors (Lipinski definition) is 0. The average molecular weight is 380 g/mol. The summed E-state index contributed by atoms with van der Waals surface area (Å²) in [4.78, 5) is 0. The van der Waals surface area contributed by atoms with Crippen molar-refractivity contribution in [3.8, 4) is 11.5 Å². The normalized spacial score (nSPS) is 24.8. The molecule has 150 valence electrons. The smallest absolute Gasteiger partial charge is 0.204 e. The van der Waals surface area contributed by atoms with E-state index in [2.05, 4.69) is 6.58 Å². The second-order valence-corrected chi connectivity index (χ2v) is 7.49. The van der Waals surface area contributed by atoms with Gasteiger partial charge in [-0.05, 0) is 70.3 Å². The van der Waals surface area contributed by atoms with E-state index in [1.807, 2.05) is 6.08 Å². The van der Waals surface area contributed by atoms with Crippen molar-refractivity contribution >= 4 is 0 Å². The lowest BCUT2D eigenvalue weighted by molar-refractivity contribution is 0.0157. The van der Waals surface area contributed by atoms with Crippen LogP contribution in [0.3, 0.4) is 0 Å². The fourth-order valence-electron chi connectivity index (χ4n) is 4.01. The van der Waals surface area contributed by atoms with Gasteiger partial charge in [-0.25, -0.2) is 0 Å². The first-order valence-electron chi connectivity index (χ1n) is 10.2. The van der Waals surface area contributed by atoms with Gasteiger partial charge in [0, 0.05) is 12.2 Å². The zero-order valence-corrected chi connectivity index (χ0v) is 16.1. The Morgan fingerprint density at radius 1 is 1.19 bits per heavy atom. The Kier molecular flexibility index (Phi) is 7.11. The summed E-state index contributed by atoms with van der Waals surface area (Å²) in [6.45, 7) is 6.60. The van der Waals surface area contributed by atoms with Crippen molar-refractivity contribution in [1.82, 2.24) is 0 Å². The van der Waals surface area contributed by atoms with Crippen LogP contribution in [-0.4, -0.2) is 25.4 Å². The largest absolute Gasteiger partial charge is 0.491 e. The topological polar surface area (TPSA) is 27.7 Å². The van der Waals surface area contributed by atoms with E-state index < -0.39 is 11.6 Å². The molecule has 1 aliphatic carbocycles. The third-order valence-corrected chi connectivity index (χ3v) is 5.60. The molecule has 3 rings (SSSR count). The Balaban J connectivity index is 1.45. The van der Waals surface area contributed by atoms with E-state index in [0.29, 0.717) is 37.2 Å². The van der Waals surface area contributed by atoms with Crippen LogP contribution in [0.1, 0.15) is 57.4 Å².